The Morgan fingerprint density at radius 1 is 0.939 bits per heavy atom. The van der Waals surface area contributed by atoms with Gasteiger partial charge in [0.05, 0.1) is 17.3 Å². The summed E-state index contributed by atoms with van der Waals surface area (Å²) in [6, 6.07) is 19.6. The number of aryl methyl sites for hydroxylation is 2. The molecule has 6 rings (SSSR count). The molecule has 0 radical (unpaired) electrons. The normalized spacial score (nSPS) is 11.5. The molecule has 0 fully saturated rings. The fraction of sp³-hybridized carbons (Fsp3) is 0.120. The van der Waals surface area contributed by atoms with Crippen LogP contribution in [0.4, 0.5) is 0 Å². The standard InChI is InChI=1S/C25H20N6O2/c1-16-8-9-19(12-17(16)2)32-14-20-10-11-22(33-20)23-28-25-21-13-27-31(18-6-4-3-5-7-18)24(21)26-15-30(25)29-23/h3-13,15H,14H2,1-2H3. The molecule has 162 valence electrons. The first-order valence-electron chi connectivity index (χ1n) is 10.6. The van der Waals surface area contributed by atoms with Gasteiger partial charge >= 0.3 is 0 Å². The number of benzene rings is 2. The van der Waals surface area contributed by atoms with Gasteiger partial charge in [-0.15, -0.1) is 5.10 Å². The molecule has 8 heteroatoms. The van der Waals surface area contributed by atoms with Crippen LogP contribution in [0.25, 0.3) is 34.0 Å². The Morgan fingerprint density at radius 2 is 1.82 bits per heavy atom. The minimum Gasteiger partial charge on any atom is -0.486 e. The van der Waals surface area contributed by atoms with Crippen LogP contribution >= 0.6 is 0 Å². The van der Waals surface area contributed by atoms with Gasteiger partial charge in [-0.05, 0) is 61.4 Å². The quantitative estimate of drug-likeness (QED) is 0.381. The lowest BCUT2D eigenvalue weighted by Gasteiger charge is -2.06. The van der Waals surface area contributed by atoms with Gasteiger partial charge in [-0.3, -0.25) is 0 Å². The second kappa shape index (κ2) is 7.59. The molecule has 8 nitrogen and oxygen atoms in total. The van der Waals surface area contributed by atoms with Crippen LogP contribution in [0.15, 0.2) is 77.6 Å². The van der Waals surface area contributed by atoms with Crippen molar-refractivity contribution in [2.45, 2.75) is 20.5 Å². The molecule has 0 bridgehead atoms. The number of hydrogen-bond donors (Lipinski definition) is 0. The number of hydrogen-bond acceptors (Lipinski definition) is 6. The van der Waals surface area contributed by atoms with Crippen LogP contribution in [0, 0.1) is 13.8 Å². The summed E-state index contributed by atoms with van der Waals surface area (Å²) in [5.74, 6) is 2.56. The van der Waals surface area contributed by atoms with E-state index in [9.17, 15) is 0 Å². The van der Waals surface area contributed by atoms with E-state index in [1.807, 2.05) is 60.7 Å². The van der Waals surface area contributed by atoms with E-state index in [0.29, 0.717) is 29.6 Å². The van der Waals surface area contributed by atoms with E-state index in [1.165, 1.54) is 11.1 Å². The SMILES string of the molecule is Cc1ccc(OCc2ccc(-c3nc4c5cnn(-c6ccccc6)c5ncn4n3)o2)cc1C. The fourth-order valence-electron chi connectivity index (χ4n) is 3.72. The lowest BCUT2D eigenvalue weighted by molar-refractivity contribution is 0.271. The molecule has 0 saturated carbocycles. The Hall–Kier alpha value is -4.46. The molecule has 2 aromatic carbocycles. The summed E-state index contributed by atoms with van der Waals surface area (Å²) >= 11 is 0. The summed E-state index contributed by atoms with van der Waals surface area (Å²) in [6.07, 6.45) is 3.40. The lowest BCUT2D eigenvalue weighted by atomic mass is 10.1. The predicted octanol–water partition coefficient (Wildman–Crippen LogP) is 4.92. The summed E-state index contributed by atoms with van der Waals surface area (Å²) < 4.78 is 15.3. The first kappa shape index (κ1) is 19.2. The van der Waals surface area contributed by atoms with Gasteiger partial charge in [-0.2, -0.15) is 5.10 Å². The molecule has 0 unspecified atom stereocenters. The third kappa shape index (κ3) is 3.41. The van der Waals surface area contributed by atoms with Crippen molar-refractivity contribution in [3.63, 3.8) is 0 Å². The van der Waals surface area contributed by atoms with Gasteiger partial charge < -0.3 is 9.15 Å². The van der Waals surface area contributed by atoms with E-state index in [1.54, 1.807) is 21.7 Å². The van der Waals surface area contributed by atoms with Crippen LogP contribution in [-0.4, -0.2) is 29.4 Å². The molecule has 4 heterocycles. The highest BCUT2D eigenvalue weighted by molar-refractivity contribution is 5.89. The summed E-state index contributed by atoms with van der Waals surface area (Å²) in [5, 5.41) is 9.85. The number of para-hydroxylation sites is 1. The molecule has 0 spiro atoms. The van der Waals surface area contributed by atoms with Crippen molar-refractivity contribution in [1.82, 2.24) is 29.4 Å². The summed E-state index contributed by atoms with van der Waals surface area (Å²) in [7, 11) is 0. The second-order valence-electron chi connectivity index (χ2n) is 7.88. The number of rotatable bonds is 5. The van der Waals surface area contributed by atoms with Gasteiger partial charge in [0.1, 0.15) is 24.4 Å². The Morgan fingerprint density at radius 3 is 2.67 bits per heavy atom. The fourth-order valence-corrected chi connectivity index (χ4v) is 3.72. The molecule has 0 N–H and O–H groups in total. The molecule has 0 atom stereocenters. The van der Waals surface area contributed by atoms with Gasteiger partial charge in [-0.1, -0.05) is 24.3 Å². The van der Waals surface area contributed by atoms with Crippen LogP contribution in [0.1, 0.15) is 16.9 Å². The van der Waals surface area contributed by atoms with Gasteiger partial charge in [0.15, 0.2) is 17.1 Å². The molecule has 33 heavy (non-hydrogen) atoms. The van der Waals surface area contributed by atoms with E-state index < -0.39 is 0 Å². The zero-order valence-electron chi connectivity index (χ0n) is 18.1. The highest BCUT2D eigenvalue weighted by Crippen LogP contribution is 2.25. The van der Waals surface area contributed by atoms with Crippen molar-refractivity contribution < 1.29 is 9.15 Å². The van der Waals surface area contributed by atoms with Gasteiger partial charge in [-0.25, -0.2) is 19.2 Å². The van der Waals surface area contributed by atoms with E-state index in [0.717, 1.165) is 22.5 Å². The van der Waals surface area contributed by atoms with Crippen molar-refractivity contribution in [3.05, 3.63) is 90.1 Å². The molecular formula is C25H20N6O2. The van der Waals surface area contributed by atoms with E-state index >= 15 is 0 Å². The predicted molar refractivity (Wildman–Crippen MR) is 123 cm³/mol. The van der Waals surface area contributed by atoms with Gasteiger partial charge in [0, 0.05) is 0 Å². The Balaban J connectivity index is 1.29. The van der Waals surface area contributed by atoms with Crippen LogP contribution < -0.4 is 4.74 Å². The van der Waals surface area contributed by atoms with Gasteiger partial charge in [0.25, 0.3) is 0 Å². The third-order valence-electron chi connectivity index (χ3n) is 5.65. The average Bonchev–Trinajstić information content (AvgIpc) is 3.57. The summed E-state index contributed by atoms with van der Waals surface area (Å²) in [5.41, 5.74) is 4.75. The molecule has 0 aliphatic heterocycles. The van der Waals surface area contributed by atoms with Crippen molar-refractivity contribution in [2.75, 3.05) is 0 Å². The van der Waals surface area contributed by atoms with Crippen molar-refractivity contribution in [2.24, 2.45) is 0 Å². The van der Waals surface area contributed by atoms with Crippen molar-refractivity contribution >= 4 is 16.7 Å². The second-order valence-corrected chi connectivity index (χ2v) is 7.88. The Bertz CT molecular complexity index is 1600. The van der Waals surface area contributed by atoms with Crippen LogP contribution in [0.5, 0.6) is 5.75 Å². The van der Waals surface area contributed by atoms with Crippen LogP contribution in [0.3, 0.4) is 0 Å². The highest BCUT2D eigenvalue weighted by Gasteiger charge is 2.16. The Kier molecular flexibility index (Phi) is 4.43. The summed E-state index contributed by atoms with van der Waals surface area (Å²) in [4.78, 5) is 9.24. The number of aromatic nitrogens is 6. The molecule has 6 aromatic rings. The van der Waals surface area contributed by atoms with Crippen molar-refractivity contribution in [1.29, 1.82) is 0 Å². The van der Waals surface area contributed by atoms with E-state index in [2.05, 4.69) is 29.0 Å². The minimum absolute atomic E-state index is 0.325. The number of furan rings is 1. The monoisotopic (exact) mass is 436 g/mol. The zero-order chi connectivity index (χ0) is 22.4. The number of nitrogens with zero attached hydrogens (tertiary/aromatic N) is 6. The number of ether oxygens (including phenoxy) is 1. The van der Waals surface area contributed by atoms with E-state index in [-0.39, 0.29) is 0 Å². The first-order valence-corrected chi connectivity index (χ1v) is 10.6. The Labute approximate surface area is 189 Å². The number of fused-ring (bicyclic) bond motifs is 3. The molecule has 4 aromatic heterocycles. The summed E-state index contributed by atoms with van der Waals surface area (Å²) in [6.45, 7) is 4.47. The molecule has 0 amide bonds. The smallest absolute Gasteiger partial charge is 0.217 e. The molecule has 0 saturated heterocycles. The highest BCUT2D eigenvalue weighted by atomic mass is 16.5. The van der Waals surface area contributed by atoms with Crippen LogP contribution in [-0.2, 0) is 6.61 Å². The molecule has 0 aliphatic carbocycles. The maximum atomic E-state index is 5.96. The van der Waals surface area contributed by atoms with E-state index in [4.69, 9.17) is 14.1 Å². The molecular weight excluding hydrogens is 416 g/mol. The zero-order valence-corrected chi connectivity index (χ0v) is 18.1. The van der Waals surface area contributed by atoms with Crippen LogP contribution in [0.2, 0.25) is 0 Å². The average molecular weight is 436 g/mol. The van der Waals surface area contributed by atoms with Gasteiger partial charge in [0.2, 0.25) is 5.82 Å². The maximum absolute atomic E-state index is 5.96. The molecule has 0 aliphatic rings. The minimum atomic E-state index is 0.325. The maximum Gasteiger partial charge on any atom is 0.217 e. The third-order valence-corrected chi connectivity index (χ3v) is 5.65. The van der Waals surface area contributed by atoms with Crippen molar-refractivity contribution in [3.8, 4) is 23.0 Å². The first-order chi connectivity index (χ1) is 16.2. The largest absolute Gasteiger partial charge is 0.486 e. The topological polar surface area (TPSA) is 83.3 Å². The lowest BCUT2D eigenvalue weighted by Crippen LogP contribution is -1.98.